The van der Waals surface area contributed by atoms with Crippen molar-refractivity contribution in [3.63, 3.8) is 0 Å². The van der Waals surface area contributed by atoms with Gasteiger partial charge in [-0.1, -0.05) is 19.3 Å². The van der Waals surface area contributed by atoms with Crippen LogP contribution in [0.2, 0.25) is 0 Å². The van der Waals surface area contributed by atoms with E-state index in [1.807, 2.05) is 0 Å². The molecule has 3 N–H and O–H groups in total. The van der Waals surface area contributed by atoms with Crippen LogP contribution < -0.4 is 11.1 Å². The van der Waals surface area contributed by atoms with Crippen LogP contribution >= 0.6 is 0 Å². The number of benzene rings is 1. The second-order valence-electron chi connectivity index (χ2n) is 5.43. The number of nitrogens with zero attached hydrogens (tertiary/aromatic N) is 1. The largest absolute Gasteiger partial charge is 0.447 e. The Morgan fingerprint density at radius 1 is 1.29 bits per heavy atom. The number of hydrogen-bond acceptors (Lipinski definition) is 5. The van der Waals surface area contributed by atoms with Gasteiger partial charge in [0.15, 0.2) is 0 Å². The monoisotopic (exact) mass is 293 g/mol. The third-order valence-corrected chi connectivity index (χ3v) is 3.66. The second kappa shape index (κ2) is 6.53. The van der Waals surface area contributed by atoms with E-state index < -0.39 is 16.6 Å². The maximum Gasteiger partial charge on any atom is 0.411 e. The molecule has 0 aromatic heterocycles. The molecule has 1 aliphatic rings. The van der Waals surface area contributed by atoms with E-state index >= 15 is 0 Å². The molecule has 1 fully saturated rings. The van der Waals surface area contributed by atoms with Crippen LogP contribution in [0.25, 0.3) is 0 Å². The molecule has 1 amide bonds. The van der Waals surface area contributed by atoms with Crippen molar-refractivity contribution in [1.82, 2.24) is 0 Å². The smallest absolute Gasteiger partial charge is 0.411 e. The zero-order chi connectivity index (χ0) is 15.3. The zero-order valence-corrected chi connectivity index (χ0v) is 11.7. The summed E-state index contributed by atoms with van der Waals surface area (Å²) in [5.74, 6) is 0. The van der Waals surface area contributed by atoms with Gasteiger partial charge in [-0.25, -0.2) is 4.79 Å². The molecule has 0 heterocycles. The molecule has 1 aliphatic carbocycles. The fraction of sp³-hybridized carbons (Fsp3) is 0.500. The summed E-state index contributed by atoms with van der Waals surface area (Å²) >= 11 is 0. The minimum atomic E-state index is -0.598. The summed E-state index contributed by atoms with van der Waals surface area (Å²) < 4.78 is 5.16. The number of rotatable bonds is 4. The Kier molecular flexibility index (Phi) is 4.74. The number of ether oxygens (including phenoxy) is 1. The van der Waals surface area contributed by atoms with Crippen LogP contribution in [0.4, 0.5) is 16.2 Å². The summed E-state index contributed by atoms with van der Waals surface area (Å²) in [6.45, 7) is 0.186. The molecule has 1 saturated carbocycles. The molecule has 0 saturated heterocycles. The lowest BCUT2D eigenvalue weighted by Gasteiger charge is -2.32. The number of hydrogen-bond donors (Lipinski definition) is 2. The lowest BCUT2D eigenvalue weighted by molar-refractivity contribution is -0.384. The van der Waals surface area contributed by atoms with Crippen LogP contribution in [0.1, 0.15) is 32.1 Å². The topological polar surface area (TPSA) is 107 Å². The fourth-order valence-corrected chi connectivity index (χ4v) is 2.43. The van der Waals surface area contributed by atoms with Crippen molar-refractivity contribution in [3.05, 3.63) is 34.4 Å². The van der Waals surface area contributed by atoms with E-state index in [0.717, 1.165) is 25.7 Å². The number of nitro groups is 1. The van der Waals surface area contributed by atoms with Gasteiger partial charge in [0.2, 0.25) is 0 Å². The number of carbonyl (C=O) groups excluding carboxylic acids is 1. The van der Waals surface area contributed by atoms with Gasteiger partial charge < -0.3 is 10.5 Å². The van der Waals surface area contributed by atoms with E-state index in [9.17, 15) is 14.9 Å². The molecule has 114 valence electrons. The van der Waals surface area contributed by atoms with Crippen molar-refractivity contribution in [3.8, 4) is 0 Å². The van der Waals surface area contributed by atoms with Crippen LogP contribution in [-0.4, -0.2) is 23.2 Å². The predicted molar refractivity (Wildman–Crippen MR) is 78.1 cm³/mol. The van der Waals surface area contributed by atoms with Crippen LogP contribution in [0.15, 0.2) is 24.3 Å². The Morgan fingerprint density at radius 2 is 1.90 bits per heavy atom. The number of nitrogens with one attached hydrogen (secondary N) is 1. The van der Waals surface area contributed by atoms with Gasteiger partial charge in [0.05, 0.1) is 10.5 Å². The molecule has 0 bridgehead atoms. The first-order valence-corrected chi connectivity index (χ1v) is 6.96. The minimum Gasteiger partial charge on any atom is -0.447 e. The molecule has 1 aromatic rings. The van der Waals surface area contributed by atoms with Crippen molar-refractivity contribution >= 4 is 17.5 Å². The van der Waals surface area contributed by atoms with Gasteiger partial charge in [-0.2, -0.15) is 0 Å². The SMILES string of the molecule is NC1(COC(=O)Nc2ccc([N+](=O)[O-])cc2)CCCCC1. The van der Waals surface area contributed by atoms with E-state index in [2.05, 4.69) is 5.32 Å². The highest BCUT2D eigenvalue weighted by molar-refractivity contribution is 5.84. The van der Waals surface area contributed by atoms with E-state index in [0.29, 0.717) is 5.69 Å². The summed E-state index contributed by atoms with van der Waals surface area (Å²) in [5.41, 5.74) is 6.16. The zero-order valence-electron chi connectivity index (χ0n) is 11.7. The van der Waals surface area contributed by atoms with E-state index in [-0.39, 0.29) is 12.3 Å². The van der Waals surface area contributed by atoms with Crippen LogP contribution in [0, 0.1) is 10.1 Å². The molecular weight excluding hydrogens is 274 g/mol. The number of carbonyl (C=O) groups is 1. The predicted octanol–water partition coefficient (Wildman–Crippen LogP) is 2.80. The first-order chi connectivity index (χ1) is 9.98. The minimum absolute atomic E-state index is 0.0305. The number of nitro benzene ring substituents is 1. The standard InChI is InChI=1S/C14H19N3O4/c15-14(8-2-1-3-9-14)10-21-13(18)16-11-4-6-12(7-5-11)17(19)20/h4-7H,1-3,8-10,15H2,(H,16,18). The molecule has 1 aromatic carbocycles. The highest BCUT2D eigenvalue weighted by Gasteiger charge is 2.29. The summed E-state index contributed by atoms with van der Waals surface area (Å²) in [5, 5.41) is 13.1. The maximum absolute atomic E-state index is 11.7. The summed E-state index contributed by atoms with van der Waals surface area (Å²) in [4.78, 5) is 21.7. The van der Waals surface area contributed by atoms with Gasteiger partial charge in [0, 0.05) is 17.8 Å². The average molecular weight is 293 g/mol. The van der Waals surface area contributed by atoms with Crippen LogP contribution in [-0.2, 0) is 4.74 Å². The van der Waals surface area contributed by atoms with Gasteiger partial charge in [-0.3, -0.25) is 15.4 Å². The lowest BCUT2D eigenvalue weighted by Crippen LogP contribution is -2.46. The average Bonchev–Trinajstić information content (AvgIpc) is 2.47. The van der Waals surface area contributed by atoms with Crippen molar-refractivity contribution in [1.29, 1.82) is 0 Å². The molecular formula is C14H19N3O4. The lowest BCUT2D eigenvalue weighted by atomic mass is 9.83. The van der Waals surface area contributed by atoms with E-state index in [1.165, 1.54) is 30.7 Å². The Balaban J connectivity index is 1.82. The van der Waals surface area contributed by atoms with Gasteiger partial charge in [0.25, 0.3) is 5.69 Å². The third kappa shape index (κ3) is 4.42. The third-order valence-electron chi connectivity index (χ3n) is 3.66. The fourth-order valence-electron chi connectivity index (χ4n) is 2.43. The Bertz CT molecular complexity index is 509. The number of amides is 1. The number of nitrogens with two attached hydrogens (primary N) is 1. The Hall–Kier alpha value is -2.15. The summed E-state index contributed by atoms with van der Waals surface area (Å²) in [6.07, 6.45) is 4.41. The highest BCUT2D eigenvalue weighted by Crippen LogP contribution is 2.26. The first-order valence-electron chi connectivity index (χ1n) is 6.96. The van der Waals surface area contributed by atoms with Gasteiger partial charge >= 0.3 is 6.09 Å². The van der Waals surface area contributed by atoms with Gasteiger partial charge in [-0.15, -0.1) is 0 Å². The Morgan fingerprint density at radius 3 is 2.48 bits per heavy atom. The second-order valence-corrected chi connectivity index (χ2v) is 5.43. The molecule has 2 rings (SSSR count). The Labute approximate surface area is 122 Å². The highest BCUT2D eigenvalue weighted by atomic mass is 16.6. The van der Waals surface area contributed by atoms with Crippen molar-refractivity contribution < 1.29 is 14.5 Å². The van der Waals surface area contributed by atoms with E-state index in [1.54, 1.807) is 0 Å². The first kappa shape index (κ1) is 15.2. The van der Waals surface area contributed by atoms with Gasteiger partial charge in [-0.05, 0) is 25.0 Å². The maximum atomic E-state index is 11.7. The van der Waals surface area contributed by atoms with Crippen molar-refractivity contribution in [2.45, 2.75) is 37.6 Å². The molecule has 0 spiro atoms. The van der Waals surface area contributed by atoms with Crippen molar-refractivity contribution in [2.24, 2.45) is 5.73 Å². The van der Waals surface area contributed by atoms with Gasteiger partial charge in [0.1, 0.15) is 6.61 Å². The molecule has 0 radical (unpaired) electrons. The molecule has 0 atom stereocenters. The summed E-state index contributed by atoms with van der Waals surface area (Å²) in [7, 11) is 0. The molecule has 7 heteroatoms. The molecule has 0 aliphatic heterocycles. The quantitative estimate of drug-likeness (QED) is 0.655. The molecule has 7 nitrogen and oxygen atoms in total. The number of non-ortho nitro benzene ring substituents is 1. The van der Waals surface area contributed by atoms with Crippen LogP contribution in [0.5, 0.6) is 0 Å². The molecule has 21 heavy (non-hydrogen) atoms. The normalized spacial score (nSPS) is 17.0. The number of anilines is 1. The van der Waals surface area contributed by atoms with E-state index in [4.69, 9.17) is 10.5 Å². The molecule has 0 unspecified atom stereocenters. The van der Waals surface area contributed by atoms with Crippen LogP contribution in [0.3, 0.4) is 0 Å². The summed E-state index contributed by atoms with van der Waals surface area (Å²) in [6, 6.07) is 5.55. The van der Waals surface area contributed by atoms with Crippen molar-refractivity contribution in [2.75, 3.05) is 11.9 Å².